The zero-order valence-corrected chi connectivity index (χ0v) is 59.0. The summed E-state index contributed by atoms with van der Waals surface area (Å²) in [6.45, 7) is 16.7. The summed E-state index contributed by atoms with van der Waals surface area (Å²) in [6.07, 6.45) is 0. The number of anilines is 6. The Balaban J connectivity index is 0.000000120. The van der Waals surface area contributed by atoms with E-state index in [2.05, 4.69) is 203 Å². The zero-order valence-electron chi connectivity index (χ0n) is 59.0. The quantitative estimate of drug-likeness (QED) is 0.108. The van der Waals surface area contributed by atoms with Gasteiger partial charge in [-0.25, -0.2) is 0 Å². The molecule has 12 aromatic carbocycles. The van der Waals surface area contributed by atoms with Gasteiger partial charge in [0.25, 0.3) is 0 Å². The van der Waals surface area contributed by atoms with Crippen LogP contribution in [0.5, 0.6) is 46.0 Å². The Morgan fingerprint density at radius 2 is 0.538 bits per heavy atom. The van der Waals surface area contributed by atoms with Crippen LogP contribution in [0, 0.1) is 13.8 Å². The fraction of sp³-hybridized carbons (Fsp3) is 0.189. The molecule has 0 atom stereocenters. The van der Waals surface area contributed by atoms with Gasteiger partial charge in [0.2, 0.25) is 0 Å². The average Bonchev–Trinajstić information content (AvgIpc) is 0.777. The summed E-state index contributed by atoms with van der Waals surface area (Å²) in [6, 6.07) is 95.1. The van der Waals surface area contributed by atoms with Gasteiger partial charge < -0.3 is 62.6 Å². The summed E-state index contributed by atoms with van der Waals surface area (Å²) >= 11 is 0. The molecule has 0 fully saturated rings. The number of carbonyl (C=O) groups excluding carboxylic acids is 1. The fourth-order valence-corrected chi connectivity index (χ4v) is 14.1. The molecule has 0 spiro atoms. The summed E-state index contributed by atoms with van der Waals surface area (Å²) in [5.74, 6) is 7.04. The minimum absolute atomic E-state index is 0.000677. The lowest BCUT2D eigenvalue weighted by Gasteiger charge is -2.34. The zero-order chi connectivity index (χ0) is 70.5. The van der Waals surface area contributed by atoms with Crippen LogP contribution in [0.4, 0.5) is 34.1 Å². The third kappa shape index (κ3) is 14.6. The van der Waals surface area contributed by atoms with Crippen molar-refractivity contribution in [2.45, 2.75) is 72.4 Å². The third-order valence-corrected chi connectivity index (χ3v) is 20.2. The Morgan fingerprint density at radius 3 is 0.837 bits per heavy atom. The SMILES string of the molecule is Cc1ccc(N2COc3ccc(C(C)(C)c4ccc5c(c4)CN(c4ccc(C)cc4)CO5)cc3C2)cc1.O=C(c1ccc2c(c1)CN(c1ccccc1)CO2)c1ccc2c(c1)CN(c1ccccc1)CO2.c1ccc(N2COc3ccc(Oc4ccc5c(c4)CN(c4ccccc4)CO5)cc3C2)cc1. The van der Waals surface area contributed by atoms with E-state index < -0.39 is 0 Å². The molecule has 6 aliphatic heterocycles. The third-order valence-electron chi connectivity index (χ3n) is 20.2. The van der Waals surface area contributed by atoms with Crippen molar-refractivity contribution in [2.24, 2.45) is 0 Å². The highest BCUT2D eigenvalue weighted by atomic mass is 16.5. The van der Waals surface area contributed by atoms with Crippen molar-refractivity contribution in [1.29, 1.82) is 0 Å². The van der Waals surface area contributed by atoms with Crippen LogP contribution in [0.3, 0.4) is 0 Å². The van der Waals surface area contributed by atoms with Crippen LogP contribution >= 0.6 is 0 Å². The Labute approximate surface area is 608 Å². The van der Waals surface area contributed by atoms with Crippen molar-refractivity contribution in [3.8, 4) is 46.0 Å². The first-order valence-corrected chi connectivity index (χ1v) is 35.5. The van der Waals surface area contributed by atoms with Crippen LogP contribution in [0.25, 0.3) is 0 Å². The Morgan fingerprint density at radius 1 is 0.288 bits per heavy atom. The number of hydrogen-bond acceptors (Lipinski definition) is 14. The predicted octanol–water partition coefficient (Wildman–Crippen LogP) is 19.2. The molecule has 0 amide bonds. The van der Waals surface area contributed by atoms with E-state index in [1.54, 1.807) is 0 Å². The van der Waals surface area contributed by atoms with Gasteiger partial charge in [-0.1, -0.05) is 134 Å². The number of ketones is 1. The number of hydrogen-bond donors (Lipinski definition) is 0. The number of fused-ring (bicyclic) bond motifs is 6. The molecule has 0 aromatic heterocycles. The van der Waals surface area contributed by atoms with Gasteiger partial charge >= 0.3 is 0 Å². The molecule has 6 heterocycles. The van der Waals surface area contributed by atoms with E-state index in [0.717, 1.165) is 117 Å². The average molecular weight is 1380 g/mol. The standard InChI is InChI=1S/C33H34N2O2.C29H24N2O3.C28H24N2O3/c1-23-5-11-29(12-6-23)34-19-25-17-27(9-15-31(25)36-21-34)33(3,4)28-10-16-32-26(18-28)20-35(22-37-32)30-13-7-24(2)8-14-30;32-29(21-11-13-27-23(15-21)17-30(19-33-27)25-7-3-1-4-8-25)22-12-14-28-24(16-22)18-31(20-34-28)26-9-5-2-6-10-26;1-3-7-23(8-4-1)29-17-21-15-25(11-13-27(21)31-19-29)33-26-12-14-28-22(16-26)18-30(20-32-28)24-9-5-2-6-10-24/h5-18H,19-22H2,1-4H3;1-16H,17-20H2;1-16H,17-20H2. The van der Waals surface area contributed by atoms with Gasteiger partial charge in [0.05, 0.1) is 0 Å². The molecule has 0 radical (unpaired) electrons. The number of benzene rings is 12. The summed E-state index contributed by atoms with van der Waals surface area (Å²) in [7, 11) is 0. The highest BCUT2D eigenvalue weighted by molar-refractivity contribution is 6.09. The molecule has 0 unspecified atom stereocenters. The summed E-state index contributed by atoms with van der Waals surface area (Å²) in [5.41, 5.74) is 19.8. The second-order valence-corrected chi connectivity index (χ2v) is 27.7. The number of para-hydroxylation sites is 4. The second kappa shape index (κ2) is 29.4. The minimum atomic E-state index is -0.164. The van der Waals surface area contributed by atoms with Gasteiger partial charge in [0.15, 0.2) is 46.2 Å². The number of carbonyl (C=O) groups is 1. The van der Waals surface area contributed by atoms with Gasteiger partial charge in [0, 0.05) is 123 Å². The van der Waals surface area contributed by atoms with Crippen LogP contribution in [0.1, 0.15) is 85.4 Å². The lowest BCUT2D eigenvalue weighted by Crippen LogP contribution is -2.33. The summed E-state index contributed by atoms with van der Waals surface area (Å²) < 4.78 is 42.4. The molecule has 14 heteroatoms. The first-order chi connectivity index (χ1) is 50.9. The van der Waals surface area contributed by atoms with Crippen molar-refractivity contribution >= 4 is 39.9 Å². The minimum Gasteiger partial charge on any atom is -0.473 e. The second-order valence-electron chi connectivity index (χ2n) is 27.7. The van der Waals surface area contributed by atoms with Crippen LogP contribution in [-0.2, 0) is 44.7 Å². The van der Waals surface area contributed by atoms with Gasteiger partial charge in [-0.05, 0) is 195 Å². The van der Waals surface area contributed by atoms with Crippen molar-refractivity contribution in [1.82, 2.24) is 0 Å². The Kier molecular flexibility index (Phi) is 18.7. The van der Waals surface area contributed by atoms with E-state index in [9.17, 15) is 4.79 Å². The maximum Gasteiger partial charge on any atom is 0.193 e. The van der Waals surface area contributed by atoms with Gasteiger partial charge in [-0.15, -0.1) is 0 Å². The maximum absolute atomic E-state index is 13.4. The molecule has 14 nitrogen and oxygen atoms in total. The smallest absolute Gasteiger partial charge is 0.193 e. The molecule has 0 saturated carbocycles. The number of nitrogens with zero attached hydrogens (tertiary/aromatic N) is 6. The lowest BCUT2D eigenvalue weighted by atomic mass is 9.77. The van der Waals surface area contributed by atoms with Crippen molar-refractivity contribution in [3.05, 3.63) is 346 Å². The first-order valence-electron chi connectivity index (χ1n) is 35.5. The lowest BCUT2D eigenvalue weighted by molar-refractivity contribution is 0.103. The van der Waals surface area contributed by atoms with Crippen LogP contribution < -0.4 is 62.6 Å². The monoisotopic (exact) mass is 1370 g/mol. The van der Waals surface area contributed by atoms with E-state index in [-0.39, 0.29) is 11.2 Å². The van der Waals surface area contributed by atoms with E-state index in [1.807, 2.05) is 133 Å². The molecule has 18 rings (SSSR count). The Hall–Kier alpha value is -12.3. The Bertz CT molecular complexity index is 4710. The molecule has 0 saturated heterocycles. The van der Waals surface area contributed by atoms with Crippen molar-refractivity contribution in [3.63, 3.8) is 0 Å². The van der Waals surface area contributed by atoms with Crippen LogP contribution in [0.2, 0.25) is 0 Å². The van der Waals surface area contributed by atoms with E-state index in [4.69, 9.17) is 33.2 Å². The van der Waals surface area contributed by atoms with Gasteiger partial charge in [-0.3, -0.25) is 4.79 Å². The topological polar surface area (TPSA) is 101 Å². The molecule has 104 heavy (non-hydrogen) atoms. The molecule has 6 aliphatic rings. The van der Waals surface area contributed by atoms with E-state index in [0.29, 0.717) is 64.6 Å². The molecule has 12 aromatic rings. The molecular weight excluding hydrogens is 1290 g/mol. The summed E-state index contributed by atoms with van der Waals surface area (Å²) in [4.78, 5) is 26.7. The highest BCUT2D eigenvalue weighted by Gasteiger charge is 2.30. The first kappa shape index (κ1) is 66.3. The molecular formula is C90H82N6O8. The van der Waals surface area contributed by atoms with E-state index in [1.165, 1.54) is 44.8 Å². The largest absolute Gasteiger partial charge is 0.473 e. The summed E-state index contributed by atoms with van der Waals surface area (Å²) in [5, 5.41) is 0. The maximum atomic E-state index is 13.4. The van der Waals surface area contributed by atoms with Crippen molar-refractivity contribution in [2.75, 3.05) is 69.8 Å². The predicted molar refractivity (Wildman–Crippen MR) is 412 cm³/mol. The van der Waals surface area contributed by atoms with E-state index >= 15 is 0 Å². The normalized spacial score (nSPS) is 14.7. The number of ether oxygens (including phenoxy) is 7. The van der Waals surface area contributed by atoms with Gasteiger partial charge in [0.1, 0.15) is 46.0 Å². The van der Waals surface area contributed by atoms with Gasteiger partial charge in [-0.2, -0.15) is 0 Å². The highest BCUT2D eigenvalue weighted by Crippen LogP contribution is 2.42. The molecule has 0 N–H and O–H groups in total. The number of aryl methyl sites for hydroxylation is 2. The van der Waals surface area contributed by atoms with Crippen LogP contribution in [-0.4, -0.2) is 46.2 Å². The fourth-order valence-electron chi connectivity index (χ4n) is 14.1. The van der Waals surface area contributed by atoms with Crippen LogP contribution in [0.15, 0.2) is 279 Å². The molecule has 520 valence electrons. The molecule has 0 bridgehead atoms. The molecule has 0 aliphatic carbocycles. The number of rotatable bonds is 12. The van der Waals surface area contributed by atoms with Crippen molar-refractivity contribution < 1.29 is 38.0 Å².